The lowest BCUT2D eigenvalue weighted by Crippen LogP contribution is -2.41. The molecule has 140 valence electrons. The van der Waals surface area contributed by atoms with Crippen molar-refractivity contribution in [1.82, 2.24) is 16.0 Å². The molecule has 4 atom stereocenters. The first-order valence-corrected chi connectivity index (χ1v) is 9.51. The normalized spacial score (nSPS) is 25.5. The van der Waals surface area contributed by atoms with E-state index in [1.54, 1.807) is 0 Å². The summed E-state index contributed by atoms with van der Waals surface area (Å²) in [6.45, 7) is 1.34. The molecule has 2 saturated heterocycles. The van der Waals surface area contributed by atoms with Crippen LogP contribution in [0.4, 0.5) is 4.79 Å². The van der Waals surface area contributed by atoms with Crippen LogP contribution in [0, 0.1) is 0 Å². The van der Waals surface area contributed by atoms with E-state index in [-0.39, 0.29) is 36.2 Å². The number of ether oxygens (including phenoxy) is 1. The van der Waals surface area contributed by atoms with E-state index >= 15 is 0 Å². The lowest BCUT2D eigenvalue weighted by atomic mass is 10.0. The molecular weight excluding hydrogens is 346 g/mol. The minimum Gasteiger partial charge on any atom is -0.469 e. The summed E-state index contributed by atoms with van der Waals surface area (Å²) in [6.07, 6.45) is 2.66. The highest BCUT2D eigenvalue weighted by molar-refractivity contribution is 8.00. The molecule has 3 amide bonds. The minimum atomic E-state index is -0.828. The van der Waals surface area contributed by atoms with Crippen LogP contribution < -0.4 is 16.0 Å². The summed E-state index contributed by atoms with van der Waals surface area (Å²) in [5.41, 5.74) is 0. The molecule has 0 radical (unpaired) electrons. The second kappa shape index (κ2) is 9.07. The quantitative estimate of drug-likeness (QED) is 0.306. The van der Waals surface area contributed by atoms with Crippen molar-refractivity contribution in [2.75, 3.05) is 12.9 Å². The van der Waals surface area contributed by atoms with Crippen molar-refractivity contribution < 1.29 is 23.9 Å². The van der Waals surface area contributed by atoms with E-state index in [2.05, 4.69) is 20.7 Å². The van der Waals surface area contributed by atoms with Crippen LogP contribution in [0.3, 0.4) is 0 Å². The molecule has 3 N–H and O–H groups in total. The van der Waals surface area contributed by atoms with Crippen LogP contribution in [-0.2, 0) is 19.1 Å². The zero-order valence-corrected chi connectivity index (χ0v) is 15.3. The van der Waals surface area contributed by atoms with Gasteiger partial charge in [-0.15, -0.1) is 0 Å². The number of unbranched alkanes of at least 4 members (excludes halogenated alkanes) is 1. The molecule has 2 fully saturated rings. The van der Waals surface area contributed by atoms with Gasteiger partial charge in [0.25, 0.3) is 0 Å². The average Bonchev–Trinajstić information content (AvgIpc) is 3.10. The Bertz CT molecular complexity index is 542. The number of ketones is 1. The van der Waals surface area contributed by atoms with Crippen molar-refractivity contribution in [2.45, 2.75) is 62.4 Å². The van der Waals surface area contributed by atoms with Gasteiger partial charge >= 0.3 is 12.0 Å². The van der Waals surface area contributed by atoms with Crippen LogP contribution in [0.1, 0.15) is 39.0 Å². The fourth-order valence-corrected chi connectivity index (χ4v) is 4.63. The van der Waals surface area contributed by atoms with Crippen LogP contribution in [0.5, 0.6) is 0 Å². The van der Waals surface area contributed by atoms with Gasteiger partial charge in [-0.05, 0) is 19.8 Å². The Labute approximate surface area is 151 Å². The molecule has 8 nitrogen and oxygen atoms in total. The van der Waals surface area contributed by atoms with E-state index in [9.17, 15) is 19.2 Å². The van der Waals surface area contributed by atoms with Gasteiger partial charge in [0.2, 0.25) is 5.91 Å². The van der Waals surface area contributed by atoms with Crippen molar-refractivity contribution in [3.8, 4) is 0 Å². The van der Waals surface area contributed by atoms with Gasteiger partial charge < -0.3 is 20.7 Å². The maximum atomic E-state index is 12.0. The molecule has 0 aromatic rings. The monoisotopic (exact) mass is 371 g/mol. The summed E-state index contributed by atoms with van der Waals surface area (Å²) in [5.74, 6) is -0.114. The van der Waals surface area contributed by atoms with Crippen LogP contribution in [-0.4, -0.2) is 59.9 Å². The Balaban J connectivity index is 1.65. The lowest BCUT2D eigenvalue weighted by Gasteiger charge is -2.17. The maximum absolute atomic E-state index is 12.0. The number of nitrogens with one attached hydrogen (secondary N) is 3. The number of hydrogen-bond donors (Lipinski definition) is 3. The van der Waals surface area contributed by atoms with Crippen molar-refractivity contribution in [3.63, 3.8) is 0 Å². The number of esters is 1. The second-order valence-corrected chi connectivity index (χ2v) is 7.65. The third kappa shape index (κ3) is 5.62. The van der Waals surface area contributed by atoms with Crippen molar-refractivity contribution in [2.24, 2.45) is 0 Å². The van der Waals surface area contributed by atoms with Crippen molar-refractivity contribution in [3.05, 3.63) is 0 Å². The number of rotatable bonds is 9. The van der Waals surface area contributed by atoms with E-state index in [1.807, 2.05) is 11.8 Å². The molecule has 2 rings (SSSR count). The van der Waals surface area contributed by atoms with Gasteiger partial charge in [0, 0.05) is 17.4 Å². The van der Waals surface area contributed by atoms with Crippen molar-refractivity contribution >= 4 is 35.5 Å². The van der Waals surface area contributed by atoms with Gasteiger partial charge in [-0.3, -0.25) is 14.4 Å². The predicted octanol–water partition coefficient (Wildman–Crippen LogP) is 0.349. The van der Waals surface area contributed by atoms with E-state index in [0.29, 0.717) is 18.1 Å². The summed E-state index contributed by atoms with van der Waals surface area (Å²) in [6, 6.07) is -0.541. The summed E-state index contributed by atoms with van der Waals surface area (Å²) >= 11 is 1.85. The van der Waals surface area contributed by atoms with Gasteiger partial charge in [0.1, 0.15) is 0 Å². The first kappa shape index (κ1) is 19.6. The van der Waals surface area contributed by atoms with Gasteiger partial charge in [0.05, 0.1) is 31.7 Å². The van der Waals surface area contributed by atoms with Crippen LogP contribution in [0.15, 0.2) is 0 Å². The number of carbonyl (C=O) groups is 4. The summed E-state index contributed by atoms with van der Waals surface area (Å²) in [4.78, 5) is 46.1. The number of fused-ring (bicyclic) bond motifs is 1. The summed E-state index contributed by atoms with van der Waals surface area (Å²) in [7, 11) is 1.25. The highest BCUT2D eigenvalue weighted by Crippen LogP contribution is 2.33. The molecule has 2 aliphatic heterocycles. The molecule has 2 heterocycles. The molecule has 9 heteroatoms. The standard InChI is InChI=1S/C16H25N3O5S/c1-9(20)10(7-14(22)24-2)17-13(21)6-4-3-5-12-15-11(8-25-12)18-16(23)19-15/h10-12,15H,3-8H2,1-2H3,(H,17,21)(H2,18,19,23). The van der Waals surface area contributed by atoms with Gasteiger partial charge in [-0.1, -0.05) is 6.42 Å². The zero-order valence-electron chi connectivity index (χ0n) is 14.5. The molecule has 0 aromatic heterocycles. The summed E-state index contributed by atoms with van der Waals surface area (Å²) < 4.78 is 4.53. The molecular formula is C16H25N3O5S. The van der Waals surface area contributed by atoms with Gasteiger partial charge in [-0.25, -0.2) is 4.79 Å². The van der Waals surface area contributed by atoms with Gasteiger partial charge in [-0.2, -0.15) is 11.8 Å². The number of urea groups is 1. The fourth-order valence-electron chi connectivity index (χ4n) is 3.09. The number of amides is 3. The van der Waals surface area contributed by atoms with E-state index in [1.165, 1.54) is 14.0 Å². The summed E-state index contributed by atoms with van der Waals surface area (Å²) in [5, 5.41) is 8.81. The topological polar surface area (TPSA) is 114 Å². The second-order valence-electron chi connectivity index (χ2n) is 6.38. The molecule has 0 spiro atoms. The third-order valence-corrected chi connectivity index (χ3v) is 6.01. The number of methoxy groups -OCH3 is 1. The maximum Gasteiger partial charge on any atom is 0.315 e. The Morgan fingerprint density at radius 1 is 1.32 bits per heavy atom. The van der Waals surface area contributed by atoms with Crippen LogP contribution >= 0.6 is 11.8 Å². The molecule has 25 heavy (non-hydrogen) atoms. The SMILES string of the molecule is COC(=O)CC(NC(=O)CCCCC1SCC2NC(=O)NC21)C(C)=O. The van der Waals surface area contributed by atoms with E-state index in [0.717, 1.165) is 18.6 Å². The van der Waals surface area contributed by atoms with Crippen LogP contribution in [0.25, 0.3) is 0 Å². The largest absolute Gasteiger partial charge is 0.469 e. The lowest BCUT2D eigenvalue weighted by molar-refractivity contribution is -0.143. The zero-order chi connectivity index (χ0) is 18.4. The highest BCUT2D eigenvalue weighted by atomic mass is 32.2. The number of thioether (sulfide) groups is 1. The molecule has 0 aliphatic carbocycles. The smallest absolute Gasteiger partial charge is 0.315 e. The highest BCUT2D eigenvalue weighted by Gasteiger charge is 2.42. The molecule has 0 saturated carbocycles. The fraction of sp³-hybridized carbons (Fsp3) is 0.750. The van der Waals surface area contributed by atoms with Crippen molar-refractivity contribution in [1.29, 1.82) is 0 Å². The number of Topliss-reactive ketones (excluding diaryl/α,β-unsaturated/α-hetero) is 1. The minimum absolute atomic E-state index is 0.0967. The molecule has 0 aromatic carbocycles. The van der Waals surface area contributed by atoms with Gasteiger partial charge in [0.15, 0.2) is 5.78 Å². The molecule has 2 aliphatic rings. The third-order valence-electron chi connectivity index (χ3n) is 4.51. The Morgan fingerprint density at radius 2 is 2.08 bits per heavy atom. The van der Waals surface area contributed by atoms with E-state index < -0.39 is 12.0 Å². The average molecular weight is 371 g/mol. The van der Waals surface area contributed by atoms with E-state index in [4.69, 9.17) is 0 Å². The Kier molecular flexibility index (Phi) is 7.10. The van der Waals surface area contributed by atoms with Crippen LogP contribution in [0.2, 0.25) is 0 Å². The number of hydrogen-bond acceptors (Lipinski definition) is 6. The molecule has 4 unspecified atom stereocenters. The first-order chi connectivity index (χ1) is 11.9. The first-order valence-electron chi connectivity index (χ1n) is 8.46. The Morgan fingerprint density at radius 3 is 2.76 bits per heavy atom. The number of carbonyl (C=O) groups excluding carboxylic acids is 4. The Hall–Kier alpha value is -1.77. The predicted molar refractivity (Wildman–Crippen MR) is 93.2 cm³/mol. The molecule has 0 bridgehead atoms.